The molecule has 4 atom stereocenters. The molecule has 23 heavy (non-hydrogen) atoms. The summed E-state index contributed by atoms with van der Waals surface area (Å²) < 4.78 is 16.4. The van der Waals surface area contributed by atoms with Gasteiger partial charge in [-0.2, -0.15) is 0 Å². The van der Waals surface area contributed by atoms with Gasteiger partial charge in [-0.15, -0.1) is 0 Å². The zero-order valence-electron chi connectivity index (χ0n) is 12.1. The molecule has 0 unspecified atom stereocenters. The van der Waals surface area contributed by atoms with Crippen molar-refractivity contribution in [2.24, 2.45) is 11.8 Å². The quantitative estimate of drug-likeness (QED) is 0.809. The molecule has 3 aliphatic heterocycles. The fourth-order valence-corrected chi connectivity index (χ4v) is 3.26. The molecule has 2 N–H and O–H groups in total. The number of hydrogen-bond donors (Lipinski definition) is 2. The number of fused-ring (bicyclic) bond motifs is 3. The summed E-state index contributed by atoms with van der Waals surface area (Å²) in [5, 5.41) is 12.1. The summed E-state index contributed by atoms with van der Waals surface area (Å²) in [6.45, 7) is 0.949. The minimum Gasteiger partial charge on any atom is -0.486 e. The zero-order valence-corrected chi connectivity index (χ0v) is 12.1. The van der Waals surface area contributed by atoms with E-state index in [1.54, 1.807) is 30.4 Å². The van der Waals surface area contributed by atoms with E-state index >= 15 is 0 Å². The predicted molar refractivity (Wildman–Crippen MR) is 78.5 cm³/mol. The molecule has 3 heterocycles. The van der Waals surface area contributed by atoms with E-state index in [4.69, 9.17) is 14.2 Å². The fourth-order valence-electron chi connectivity index (χ4n) is 3.26. The summed E-state index contributed by atoms with van der Waals surface area (Å²) in [7, 11) is 0. The summed E-state index contributed by atoms with van der Waals surface area (Å²) in [5.74, 6) is -1.80. The largest absolute Gasteiger partial charge is 0.486 e. The highest BCUT2D eigenvalue weighted by molar-refractivity contribution is 5.96. The summed E-state index contributed by atoms with van der Waals surface area (Å²) in [6, 6.07) is 5.09. The van der Waals surface area contributed by atoms with Gasteiger partial charge in [-0.3, -0.25) is 9.59 Å². The van der Waals surface area contributed by atoms with Crippen molar-refractivity contribution in [3.8, 4) is 11.5 Å². The molecular weight excluding hydrogens is 302 g/mol. The number of carboxylic acid groups (broad SMARTS) is 1. The first kappa shape index (κ1) is 14.1. The highest BCUT2D eigenvalue weighted by Crippen LogP contribution is 2.40. The third-order valence-corrected chi connectivity index (χ3v) is 4.30. The number of amides is 1. The first-order valence-electron chi connectivity index (χ1n) is 7.40. The van der Waals surface area contributed by atoms with Gasteiger partial charge in [0.2, 0.25) is 5.91 Å². The Hall–Kier alpha value is -2.54. The second-order valence-electron chi connectivity index (χ2n) is 5.69. The molecule has 0 radical (unpaired) electrons. The van der Waals surface area contributed by atoms with Crippen LogP contribution in [-0.4, -0.2) is 42.4 Å². The maximum absolute atomic E-state index is 12.5. The van der Waals surface area contributed by atoms with Crippen molar-refractivity contribution in [2.45, 2.75) is 12.2 Å². The van der Waals surface area contributed by atoms with Crippen molar-refractivity contribution < 1.29 is 28.9 Å². The number of aliphatic carboxylic acids is 1. The third-order valence-electron chi connectivity index (χ3n) is 4.30. The van der Waals surface area contributed by atoms with Crippen LogP contribution in [0.3, 0.4) is 0 Å². The molecule has 7 heteroatoms. The molecule has 0 spiro atoms. The van der Waals surface area contributed by atoms with Gasteiger partial charge in [0.05, 0.1) is 18.1 Å². The second kappa shape index (κ2) is 5.27. The van der Waals surface area contributed by atoms with Crippen molar-refractivity contribution in [3.63, 3.8) is 0 Å². The number of hydrogen-bond acceptors (Lipinski definition) is 5. The fraction of sp³-hybridized carbons (Fsp3) is 0.375. The summed E-state index contributed by atoms with van der Waals surface area (Å²) in [4.78, 5) is 23.9. The Morgan fingerprint density at radius 3 is 2.48 bits per heavy atom. The maximum atomic E-state index is 12.5. The number of anilines is 1. The van der Waals surface area contributed by atoms with Gasteiger partial charge in [-0.1, -0.05) is 12.2 Å². The molecule has 0 aliphatic carbocycles. The van der Waals surface area contributed by atoms with E-state index < -0.39 is 30.0 Å². The van der Waals surface area contributed by atoms with Gasteiger partial charge in [0.25, 0.3) is 0 Å². The number of nitrogens with one attached hydrogen (secondary N) is 1. The first-order chi connectivity index (χ1) is 11.1. The monoisotopic (exact) mass is 317 g/mol. The lowest BCUT2D eigenvalue weighted by atomic mass is 9.82. The molecule has 1 saturated heterocycles. The van der Waals surface area contributed by atoms with Crippen LogP contribution in [0.15, 0.2) is 30.4 Å². The van der Waals surface area contributed by atoms with Crippen LogP contribution in [0.25, 0.3) is 0 Å². The van der Waals surface area contributed by atoms with Crippen molar-refractivity contribution in [1.29, 1.82) is 0 Å². The smallest absolute Gasteiger partial charge is 0.310 e. The van der Waals surface area contributed by atoms with Crippen LogP contribution in [0, 0.1) is 11.8 Å². The Kier molecular flexibility index (Phi) is 3.23. The van der Waals surface area contributed by atoms with Crippen molar-refractivity contribution in [3.05, 3.63) is 30.4 Å². The van der Waals surface area contributed by atoms with Gasteiger partial charge in [-0.25, -0.2) is 0 Å². The number of benzene rings is 1. The SMILES string of the molecule is O=C(O)[C@H]1[C@H](C(=O)Nc2ccc3c(c2)OCCO3)[C@H]2C=C[C@H]1O2. The Bertz CT molecular complexity index is 700. The molecule has 1 amide bonds. The van der Waals surface area contributed by atoms with Crippen LogP contribution in [0.4, 0.5) is 5.69 Å². The van der Waals surface area contributed by atoms with E-state index in [0.717, 1.165) is 0 Å². The third kappa shape index (κ3) is 2.33. The molecule has 3 aliphatic rings. The van der Waals surface area contributed by atoms with Crippen molar-refractivity contribution in [2.75, 3.05) is 18.5 Å². The molecule has 1 aromatic carbocycles. The number of carbonyl (C=O) groups excluding carboxylic acids is 1. The van der Waals surface area contributed by atoms with E-state index in [1.165, 1.54) is 0 Å². The Morgan fingerprint density at radius 2 is 1.74 bits per heavy atom. The summed E-state index contributed by atoms with van der Waals surface area (Å²) in [5.41, 5.74) is 0.537. The zero-order chi connectivity index (χ0) is 16.0. The first-order valence-corrected chi connectivity index (χ1v) is 7.40. The van der Waals surface area contributed by atoms with Crippen LogP contribution >= 0.6 is 0 Å². The van der Waals surface area contributed by atoms with Gasteiger partial charge in [-0.05, 0) is 12.1 Å². The molecule has 7 nitrogen and oxygen atoms in total. The van der Waals surface area contributed by atoms with Crippen molar-refractivity contribution in [1.82, 2.24) is 0 Å². The van der Waals surface area contributed by atoms with E-state index in [9.17, 15) is 14.7 Å². The van der Waals surface area contributed by atoms with E-state index in [0.29, 0.717) is 30.4 Å². The van der Waals surface area contributed by atoms with Crippen LogP contribution in [0.2, 0.25) is 0 Å². The molecule has 1 fully saturated rings. The van der Waals surface area contributed by atoms with Gasteiger partial charge in [0.1, 0.15) is 19.1 Å². The molecular formula is C16H15NO6. The van der Waals surface area contributed by atoms with Crippen molar-refractivity contribution >= 4 is 17.6 Å². The van der Waals surface area contributed by atoms with Gasteiger partial charge in [0.15, 0.2) is 11.5 Å². The topological polar surface area (TPSA) is 94.1 Å². The molecule has 2 bridgehead atoms. The van der Waals surface area contributed by atoms with Crippen LogP contribution in [0.5, 0.6) is 11.5 Å². The Labute approximate surface area is 131 Å². The lowest BCUT2D eigenvalue weighted by Crippen LogP contribution is -2.39. The average Bonchev–Trinajstić information content (AvgIpc) is 3.15. The lowest BCUT2D eigenvalue weighted by molar-refractivity contribution is -0.145. The molecule has 0 aromatic heterocycles. The summed E-state index contributed by atoms with van der Waals surface area (Å²) >= 11 is 0. The minimum atomic E-state index is -1.02. The van der Waals surface area contributed by atoms with Crippen LogP contribution < -0.4 is 14.8 Å². The highest BCUT2D eigenvalue weighted by atomic mass is 16.6. The second-order valence-corrected chi connectivity index (χ2v) is 5.69. The number of carboxylic acids is 1. The van der Waals surface area contributed by atoms with Gasteiger partial charge >= 0.3 is 5.97 Å². The Balaban J connectivity index is 1.54. The van der Waals surface area contributed by atoms with E-state index in [2.05, 4.69) is 5.32 Å². The van der Waals surface area contributed by atoms with Crippen LogP contribution in [0.1, 0.15) is 0 Å². The average molecular weight is 317 g/mol. The highest BCUT2D eigenvalue weighted by Gasteiger charge is 2.53. The van der Waals surface area contributed by atoms with Gasteiger partial charge in [0, 0.05) is 11.8 Å². The van der Waals surface area contributed by atoms with E-state index in [-0.39, 0.29) is 5.91 Å². The van der Waals surface area contributed by atoms with Crippen LogP contribution in [-0.2, 0) is 14.3 Å². The number of rotatable bonds is 3. The number of ether oxygens (including phenoxy) is 3. The molecule has 0 saturated carbocycles. The lowest BCUT2D eigenvalue weighted by Gasteiger charge is -2.22. The standard InChI is InChI=1S/C16H15NO6/c18-15(13-10-3-4-11(23-10)14(13)16(19)20)17-8-1-2-9-12(7-8)22-6-5-21-9/h1-4,7,10-11,13-14H,5-6H2,(H,17,18)(H,19,20)/t10-,11-,13-,14-/m1/s1. The summed E-state index contributed by atoms with van der Waals surface area (Å²) in [6.07, 6.45) is 2.43. The maximum Gasteiger partial charge on any atom is 0.310 e. The predicted octanol–water partition coefficient (Wildman–Crippen LogP) is 1.05. The van der Waals surface area contributed by atoms with E-state index in [1.807, 2.05) is 0 Å². The van der Waals surface area contributed by atoms with Gasteiger partial charge < -0.3 is 24.6 Å². The molecule has 4 rings (SSSR count). The molecule has 1 aromatic rings. The normalized spacial score (nSPS) is 30.3. The number of carbonyl (C=O) groups is 2. The Morgan fingerprint density at radius 1 is 1.04 bits per heavy atom. The minimum absolute atomic E-state index is 0.370. The molecule has 120 valence electrons.